The molecule has 2 aromatic rings. The van der Waals surface area contributed by atoms with E-state index in [0.717, 1.165) is 16.8 Å². The third-order valence-electron chi connectivity index (χ3n) is 5.25. The first-order valence-corrected chi connectivity index (χ1v) is 10.4. The number of aromatic nitrogens is 1. The summed E-state index contributed by atoms with van der Waals surface area (Å²) < 4.78 is 5.10. The van der Waals surface area contributed by atoms with Crippen molar-refractivity contribution in [3.63, 3.8) is 0 Å². The van der Waals surface area contributed by atoms with Crippen molar-refractivity contribution in [2.45, 2.75) is 19.0 Å². The Kier molecular flexibility index (Phi) is 4.76. The third kappa shape index (κ3) is 3.46. The Labute approximate surface area is 178 Å². The quantitative estimate of drug-likeness (QED) is 0.728. The Hall–Kier alpha value is -3.52. The van der Waals surface area contributed by atoms with E-state index in [-0.39, 0.29) is 18.2 Å². The van der Waals surface area contributed by atoms with Crippen molar-refractivity contribution in [3.05, 3.63) is 95.6 Å². The van der Waals surface area contributed by atoms with Crippen LogP contribution >= 0.6 is 12.1 Å². The van der Waals surface area contributed by atoms with Crippen molar-refractivity contribution >= 4 is 29.8 Å². The van der Waals surface area contributed by atoms with Gasteiger partial charge >= 0.3 is 0 Å². The highest BCUT2D eigenvalue weighted by Crippen LogP contribution is 2.34. The Morgan fingerprint density at radius 1 is 1.23 bits per heavy atom. The predicted octanol–water partition coefficient (Wildman–Crippen LogP) is 3.20. The first-order chi connectivity index (χ1) is 14.7. The van der Waals surface area contributed by atoms with E-state index in [0.29, 0.717) is 17.9 Å². The lowest BCUT2D eigenvalue weighted by molar-refractivity contribution is -0.117. The molecule has 0 bridgehead atoms. The fraction of sp³-hybridized carbons (Fsp3) is 0.136. The van der Waals surface area contributed by atoms with Crippen molar-refractivity contribution in [1.82, 2.24) is 18.9 Å². The Bertz CT molecular complexity index is 1100. The maximum absolute atomic E-state index is 13.1. The van der Waals surface area contributed by atoms with Gasteiger partial charge in [0, 0.05) is 30.7 Å². The van der Waals surface area contributed by atoms with E-state index < -0.39 is 6.04 Å². The van der Waals surface area contributed by atoms with Gasteiger partial charge in [-0.15, -0.1) is 0 Å². The summed E-state index contributed by atoms with van der Waals surface area (Å²) in [6.45, 7) is 0.484. The number of hydrogen-bond donors (Lipinski definition) is 2. The topological polar surface area (TPSA) is 77.6 Å². The summed E-state index contributed by atoms with van der Waals surface area (Å²) in [5.41, 5.74) is 3.58. The molecule has 1 atom stereocenters. The van der Waals surface area contributed by atoms with Crippen molar-refractivity contribution in [1.29, 1.82) is 0 Å². The summed E-state index contributed by atoms with van der Waals surface area (Å²) in [6, 6.07) is 12.6. The van der Waals surface area contributed by atoms with Gasteiger partial charge in [0.1, 0.15) is 5.82 Å². The molecule has 5 rings (SSSR count). The van der Waals surface area contributed by atoms with E-state index in [1.54, 1.807) is 23.2 Å². The van der Waals surface area contributed by atoms with Crippen LogP contribution in [0.5, 0.6) is 0 Å². The number of amides is 2. The standard InChI is InChI=1S/C22H19N5O2S/c28-21(25-20-7-3-4-9-23-20)12-19(15-8-10-27-17(11-15)13-24-30-27)26-14-16-5-1-2-6-18(16)22(26)29/h1-11,13,19,24H,12,14H2,(H,23,25,28). The molecule has 0 aliphatic carbocycles. The number of nitrogens with one attached hydrogen (secondary N) is 2. The van der Waals surface area contributed by atoms with Gasteiger partial charge in [0.2, 0.25) is 5.91 Å². The third-order valence-corrected chi connectivity index (χ3v) is 6.00. The average Bonchev–Trinajstić information content (AvgIpc) is 3.37. The Morgan fingerprint density at radius 3 is 2.93 bits per heavy atom. The molecule has 4 heterocycles. The zero-order valence-corrected chi connectivity index (χ0v) is 16.8. The lowest BCUT2D eigenvalue weighted by Crippen LogP contribution is -2.40. The fourth-order valence-electron chi connectivity index (χ4n) is 3.80. The van der Waals surface area contributed by atoms with E-state index in [1.165, 1.54) is 12.1 Å². The highest BCUT2D eigenvalue weighted by Gasteiger charge is 2.36. The van der Waals surface area contributed by atoms with Crippen LogP contribution in [0.3, 0.4) is 0 Å². The predicted molar refractivity (Wildman–Crippen MR) is 115 cm³/mol. The second-order valence-corrected chi connectivity index (χ2v) is 7.95. The molecule has 1 aromatic heterocycles. The zero-order valence-electron chi connectivity index (χ0n) is 16.0. The van der Waals surface area contributed by atoms with Crippen molar-refractivity contribution in [2.24, 2.45) is 0 Å². The number of pyridine rings is 1. The first-order valence-electron chi connectivity index (χ1n) is 9.60. The molecule has 3 aliphatic heterocycles. The van der Waals surface area contributed by atoms with Gasteiger partial charge in [-0.25, -0.2) is 4.98 Å². The number of nitrogens with zero attached hydrogens (tertiary/aromatic N) is 3. The number of fused-ring (bicyclic) bond motifs is 2. The molecule has 0 fully saturated rings. The van der Waals surface area contributed by atoms with Gasteiger partial charge in [0.15, 0.2) is 0 Å². The molecule has 0 radical (unpaired) electrons. The van der Waals surface area contributed by atoms with Crippen LogP contribution in [0.15, 0.2) is 84.5 Å². The normalized spacial score (nSPS) is 17.7. The van der Waals surface area contributed by atoms with Gasteiger partial charge in [-0.3, -0.25) is 13.9 Å². The molecule has 0 saturated heterocycles. The number of anilines is 1. The van der Waals surface area contributed by atoms with Crippen LogP contribution in [0.4, 0.5) is 5.82 Å². The molecule has 1 aromatic carbocycles. The molecule has 2 amide bonds. The molecule has 30 heavy (non-hydrogen) atoms. The molecular weight excluding hydrogens is 398 g/mol. The summed E-state index contributed by atoms with van der Waals surface area (Å²) >= 11 is 1.47. The van der Waals surface area contributed by atoms with Crippen molar-refractivity contribution in [2.75, 3.05) is 5.32 Å². The van der Waals surface area contributed by atoms with Crippen LogP contribution in [-0.4, -0.2) is 32.0 Å². The summed E-state index contributed by atoms with van der Waals surface area (Å²) in [4.78, 5) is 31.9. The second kappa shape index (κ2) is 7.72. The van der Waals surface area contributed by atoms with Gasteiger partial charge in [-0.1, -0.05) is 24.3 Å². The maximum atomic E-state index is 13.1. The molecular formula is C22H19N5O2S. The number of allylic oxidation sites excluding steroid dienone is 1. The zero-order chi connectivity index (χ0) is 20.5. The number of hydrogen-bond acceptors (Lipinski definition) is 6. The number of carbonyl (C=O) groups is 2. The molecule has 1 unspecified atom stereocenters. The van der Waals surface area contributed by atoms with Gasteiger partial charge in [-0.2, -0.15) is 0 Å². The lowest BCUT2D eigenvalue weighted by Gasteiger charge is -2.30. The van der Waals surface area contributed by atoms with E-state index in [1.807, 2.05) is 59.2 Å². The van der Waals surface area contributed by atoms with Gasteiger partial charge in [0.05, 0.1) is 30.3 Å². The van der Waals surface area contributed by atoms with E-state index in [4.69, 9.17) is 0 Å². The Morgan fingerprint density at radius 2 is 2.10 bits per heavy atom. The average molecular weight is 417 g/mol. The van der Waals surface area contributed by atoms with E-state index in [9.17, 15) is 9.59 Å². The monoisotopic (exact) mass is 417 g/mol. The SMILES string of the molecule is O=C(CC(C1=CC2=CNSN2C=C1)N1Cc2ccccc2C1=O)Nc1ccccn1. The van der Waals surface area contributed by atoms with Crippen molar-refractivity contribution < 1.29 is 9.59 Å². The summed E-state index contributed by atoms with van der Waals surface area (Å²) in [7, 11) is 0. The van der Waals surface area contributed by atoms with Crippen LogP contribution in [0.1, 0.15) is 22.3 Å². The molecule has 8 heteroatoms. The largest absolute Gasteiger partial charge is 0.327 e. The summed E-state index contributed by atoms with van der Waals surface area (Å²) in [5.74, 6) is 0.258. The number of rotatable bonds is 5. The van der Waals surface area contributed by atoms with Crippen LogP contribution in [0.2, 0.25) is 0 Å². The molecule has 7 nitrogen and oxygen atoms in total. The van der Waals surface area contributed by atoms with Gasteiger partial charge < -0.3 is 14.9 Å². The highest BCUT2D eigenvalue weighted by atomic mass is 32.2. The first kappa shape index (κ1) is 18.5. The van der Waals surface area contributed by atoms with Crippen molar-refractivity contribution in [3.8, 4) is 0 Å². The minimum atomic E-state index is -0.390. The highest BCUT2D eigenvalue weighted by molar-refractivity contribution is 7.95. The molecule has 3 aliphatic rings. The molecule has 150 valence electrons. The smallest absolute Gasteiger partial charge is 0.255 e. The van der Waals surface area contributed by atoms with E-state index >= 15 is 0 Å². The second-order valence-electron chi connectivity index (χ2n) is 7.14. The number of benzene rings is 1. The molecule has 0 saturated carbocycles. The maximum Gasteiger partial charge on any atom is 0.255 e. The van der Waals surface area contributed by atoms with E-state index in [2.05, 4.69) is 15.0 Å². The molecule has 0 spiro atoms. The summed E-state index contributed by atoms with van der Waals surface area (Å²) in [5, 5.41) is 2.84. The van der Waals surface area contributed by atoms with Crippen LogP contribution in [0, 0.1) is 0 Å². The van der Waals surface area contributed by atoms with Gasteiger partial charge in [0.25, 0.3) is 5.91 Å². The fourth-order valence-corrected chi connectivity index (χ4v) is 4.42. The van der Waals surface area contributed by atoms with Crippen LogP contribution in [0.25, 0.3) is 0 Å². The molecule has 2 N–H and O–H groups in total. The number of carbonyl (C=O) groups excluding carboxylic acids is 2. The van der Waals surface area contributed by atoms with Gasteiger partial charge in [-0.05, 0) is 41.5 Å². The van der Waals surface area contributed by atoms with Crippen LogP contribution in [-0.2, 0) is 11.3 Å². The lowest BCUT2D eigenvalue weighted by atomic mass is 9.98. The summed E-state index contributed by atoms with van der Waals surface area (Å²) in [6.07, 6.45) is 9.60. The minimum absolute atomic E-state index is 0.0501. The van der Waals surface area contributed by atoms with Crippen LogP contribution < -0.4 is 10.0 Å². The Balaban J connectivity index is 1.43. The minimum Gasteiger partial charge on any atom is -0.327 e.